The molecule has 0 aliphatic heterocycles. The molecule has 0 bridgehead atoms. The van der Waals surface area contributed by atoms with E-state index in [0.717, 1.165) is 0 Å². The third-order valence-corrected chi connectivity index (χ3v) is 5.55. The van der Waals surface area contributed by atoms with E-state index in [4.69, 9.17) is 9.47 Å². The number of benzene rings is 4. The van der Waals surface area contributed by atoms with Crippen LogP contribution in [0.4, 0.5) is 0 Å². The number of phenols is 4. The molecule has 0 aliphatic carbocycles. The molecule has 0 atom stereocenters. The number of ketones is 1. The van der Waals surface area contributed by atoms with Gasteiger partial charge in [0.1, 0.15) is 34.5 Å². The molecule has 7 nitrogen and oxygen atoms in total. The fourth-order valence-electron chi connectivity index (χ4n) is 3.77. The van der Waals surface area contributed by atoms with E-state index < -0.39 is 5.78 Å². The van der Waals surface area contributed by atoms with Crippen molar-refractivity contribution < 1.29 is 34.7 Å². The van der Waals surface area contributed by atoms with Crippen molar-refractivity contribution in [2.75, 3.05) is 14.2 Å². The van der Waals surface area contributed by atoms with Crippen molar-refractivity contribution in [1.82, 2.24) is 0 Å². The zero-order valence-electron chi connectivity index (χ0n) is 18.4. The first-order valence-electron chi connectivity index (χ1n) is 10.3. The number of aromatic hydroxyl groups is 4. The van der Waals surface area contributed by atoms with Gasteiger partial charge in [0.15, 0.2) is 0 Å². The van der Waals surface area contributed by atoms with Crippen molar-refractivity contribution in [3.05, 3.63) is 83.9 Å². The average Bonchev–Trinajstić information content (AvgIpc) is 2.84. The molecule has 0 spiro atoms. The van der Waals surface area contributed by atoms with E-state index in [-0.39, 0.29) is 45.3 Å². The Hall–Kier alpha value is -4.65. The highest BCUT2D eigenvalue weighted by molar-refractivity contribution is 6.14. The summed E-state index contributed by atoms with van der Waals surface area (Å²) in [6, 6.07) is 18.3. The molecule has 4 aromatic carbocycles. The molecule has 0 aromatic heterocycles. The summed E-state index contributed by atoms with van der Waals surface area (Å²) >= 11 is 0. The van der Waals surface area contributed by atoms with Gasteiger partial charge in [0.05, 0.1) is 25.3 Å². The van der Waals surface area contributed by atoms with Gasteiger partial charge in [-0.15, -0.1) is 0 Å². The van der Waals surface area contributed by atoms with Crippen molar-refractivity contribution in [1.29, 1.82) is 0 Å². The van der Waals surface area contributed by atoms with Gasteiger partial charge >= 0.3 is 0 Å². The van der Waals surface area contributed by atoms with E-state index in [0.29, 0.717) is 22.6 Å². The Labute approximate surface area is 195 Å². The first-order valence-corrected chi connectivity index (χ1v) is 10.3. The molecule has 0 saturated carbocycles. The molecule has 0 fully saturated rings. The minimum atomic E-state index is -0.625. The van der Waals surface area contributed by atoms with E-state index in [1.54, 1.807) is 48.5 Å². The van der Waals surface area contributed by atoms with Crippen LogP contribution in [0.1, 0.15) is 15.9 Å². The second kappa shape index (κ2) is 9.07. The van der Waals surface area contributed by atoms with Crippen molar-refractivity contribution in [2.45, 2.75) is 0 Å². The number of methoxy groups -OCH3 is 2. The minimum Gasteiger partial charge on any atom is -0.507 e. The highest BCUT2D eigenvalue weighted by Gasteiger charge is 2.23. The van der Waals surface area contributed by atoms with Crippen LogP contribution in [0.25, 0.3) is 22.3 Å². The number of para-hydroxylation sites is 2. The number of hydrogen-bond donors (Lipinski definition) is 4. The van der Waals surface area contributed by atoms with Crippen LogP contribution in [-0.4, -0.2) is 40.4 Å². The van der Waals surface area contributed by atoms with Gasteiger partial charge in [0, 0.05) is 34.4 Å². The van der Waals surface area contributed by atoms with Crippen molar-refractivity contribution in [3.63, 3.8) is 0 Å². The predicted molar refractivity (Wildman–Crippen MR) is 127 cm³/mol. The predicted octanol–water partition coefficient (Wildman–Crippen LogP) is 5.09. The molecular formula is C27H22O7. The van der Waals surface area contributed by atoms with Crippen molar-refractivity contribution in [2.24, 2.45) is 0 Å². The van der Waals surface area contributed by atoms with Crippen LogP contribution < -0.4 is 9.47 Å². The van der Waals surface area contributed by atoms with Crippen LogP contribution in [0.2, 0.25) is 0 Å². The first kappa shape index (κ1) is 22.5. The Kier molecular flexibility index (Phi) is 6.01. The molecule has 4 rings (SSSR count). The molecule has 34 heavy (non-hydrogen) atoms. The summed E-state index contributed by atoms with van der Waals surface area (Å²) in [5.41, 5.74) is 1.00. The summed E-state index contributed by atoms with van der Waals surface area (Å²) < 4.78 is 10.2. The minimum absolute atomic E-state index is 0.0564. The maximum absolute atomic E-state index is 13.3. The molecule has 0 radical (unpaired) electrons. The number of ether oxygens (including phenoxy) is 2. The largest absolute Gasteiger partial charge is 0.507 e. The third-order valence-electron chi connectivity index (χ3n) is 5.55. The summed E-state index contributed by atoms with van der Waals surface area (Å²) in [7, 11) is 2.94. The van der Waals surface area contributed by atoms with Crippen LogP contribution in [-0.2, 0) is 0 Å². The number of carbonyl (C=O) groups excluding carboxylic acids is 1. The van der Waals surface area contributed by atoms with Gasteiger partial charge in [-0.1, -0.05) is 24.3 Å². The van der Waals surface area contributed by atoms with Gasteiger partial charge < -0.3 is 29.9 Å². The second-order valence-corrected chi connectivity index (χ2v) is 7.50. The highest BCUT2D eigenvalue weighted by atomic mass is 16.5. The lowest BCUT2D eigenvalue weighted by Crippen LogP contribution is -2.03. The van der Waals surface area contributed by atoms with Crippen molar-refractivity contribution >= 4 is 5.78 Å². The van der Waals surface area contributed by atoms with Crippen LogP contribution >= 0.6 is 0 Å². The summed E-state index contributed by atoms with van der Waals surface area (Å²) in [6.45, 7) is 0. The quantitative estimate of drug-likeness (QED) is 0.297. The Morgan fingerprint density at radius 3 is 1.35 bits per heavy atom. The smallest absolute Gasteiger partial charge is 0.200 e. The Bertz CT molecular complexity index is 1290. The van der Waals surface area contributed by atoms with E-state index in [2.05, 4.69) is 0 Å². The number of carbonyl (C=O) groups is 1. The molecule has 4 N–H and O–H groups in total. The lowest BCUT2D eigenvalue weighted by atomic mass is 9.93. The maximum atomic E-state index is 13.3. The maximum Gasteiger partial charge on any atom is 0.200 e. The van der Waals surface area contributed by atoms with Gasteiger partial charge in [-0.3, -0.25) is 4.79 Å². The summed E-state index contributed by atoms with van der Waals surface area (Å²) in [6.07, 6.45) is 0. The van der Waals surface area contributed by atoms with Crippen LogP contribution in [0.5, 0.6) is 34.5 Å². The molecule has 0 unspecified atom stereocenters. The molecule has 0 aliphatic rings. The van der Waals surface area contributed by atoms with Gasteiger partial charge in [0.2, 0.25) is 5.78 Å². The van der Waals surface area contributed by atoms with Gasteiger partial charge in [-0.25, -0.2) is 0 Å². The summed E-state index contributed by atoms with van der Waals surface area (Å²) in [5.74, 6) is -0.680. The Morgan fingerprint density at radius 1 is 0.588 bits per heavy atom. The topological polar surface area (TPSA) is 116 Å². The van der Waals surface area contributed by atoms with Gasteiger partial charge in [-0.05, 0) is 36.4 Å². The number of rotatable bonds is 6. The van der Waals surface area contributed by atoms with E-state index in [1.807, 2.05) is 0 Å². The molecular weight excluding hydrogens is 436 g/mol. The summed E-state index contributed by atoms with van der Waals surface area (Å²) in [4.78, 5) is 13.3. The standard InChI is InChI=1S/C27H22O7/c1-33-15-9-11-17(23(28)13-15)19-5-3-7-21(25(19)30)27(32)22-8-4-6-20(26(22)31)18-12-10-16(34-2)14-24(18)29/h3-14,28-31H,1-2H3. The number of phenolic OH excluding ortho intramolecular Hbond substituents is 4. The van der Waals surface area contributed by atoms with Crippen molar-refractivity contribution in [3.8, 4) is 56.8 Å². The zero-order valence-corrected chi connectivity index (χ0v) is 18.4. The van der Waals surface area contributed by atoms with E-state index >= 15 is 0 Å². The molecule has 0 saturated heterocycles. The number of hydrogen-bond acceptors (Lipinski definition) is 7. The molecule has 0 amide bonds. The second-order valence-electron chi connectivity index (χ2n) is 7.50. The fourth-order valence-corrected chi connectivity index (χ4v) is 3.77. The highest BCUT2D eigenvalue weighted by Crippen LogP contribution is 2.42. The summed E-state index contributed by atoms with van der Waals surface area (Å²) in [5, 5.41) is 42.5. The SMILES string of the molecule is COc1ccc(-c2cccc(C(=O)c3cccc(-c4ccc(OC)cc4O)c3O)c2O)c(O)c1. The monoisotopic (exact) mass is 458 g/mol. The molecule has 0 heterocycles. The zero-order chi connectivity index (χ0) is 24.4. The first-order chi connectivity index (χ1) is 16.3. The molecule has 172 valence electrons. The lowest BCUT2D eigenvalue weighted by molar-refractivity contribution is 0.103. The van der Waals surface area contributed by atoms with Crippen LogP contribution in [0, 0.1) is 0 Å². The van der Waals surface area contributed by atoms with Crippen LogP contribution in [0.3, 0.4) is 0 Å². The van der Waals surface area contributed by atoms with Crippen LogP contribution in [0.15, 0.2) is 72.8 Å². The normalized spacial score (nSPS) is 10.6. The fraction of sp³-hybridized carbons (Fsp3) is 0.0741. The lowest BCUT2D eigenvalue weighted by Gasteiger charge is -2.14. The Balaban J connectivity index is 1.78. The molecule has 4 aromatic rings. The van der Waals surface area contributed by atoms with Gasteiger partial charge in [0.25, 0.3) is 0 Å². The average molecular weight is 458 g/mol. The van der Waals surface area contributed by atoms with E-state index in [1.165, 1.54) is 38.5 Å². The third kappa shape index (κ3) is 3.95. The Morgan fingerprint density at radius 2 is 1.00 bits per heavy atom. The van der Waals surface area contributed by atoms with E-state index in [9.17, 15) is 25.2 Å². The molecule has 7 heteroatoms. The van der Waals surface area contributed by atoms with Gasteiger partial charge in [-0.2, -0.15) is 0 Å².